The zero-order valence-electron chi connectivity index (χ0n) is 18.8. The Labute approximate surface area is 196 Å². The van der Waals surface area contributed by atoms with E-state index in [0.717, 1.165) is 6.07 Å². The monoisotopic (exact) mass is 478 g/mol. The molecule has 0 aromatic heterocycles. The maximum Gasteiger partial charge on any atom is 0.222 e. The number of fused-ring (bicyclic) bond motifs is 1. The highest BCUT2D eigenvalue weighted by Crippen LogP contribution is 2.29. The van der Waals surface area contributed by atoms with Crippen molar-refractivity contribution in [2.24, 2.45) is 0 Å². The van der Waals surface area contributed by atoms with Crippen molar-refractivity contribution in [3.63, 3.8) is 0 Å². The summed E-state index contributed by atoms with van der Waals surface area (Å²) in [6.45, 7) is 1.14. The number of aliphatic hydroxyl groups excluding tert-OH is 1. The van der Waals surface area contributed by atoms with Gasteiger partial charge in [0.05, 0.1) is 37.9 Å². The Morgan fingerprint density at radius 1 is 1.03 bits per heavy atom. The molecule has 4 atom stereocenters. The van der Waals surface area contributed by atoms with Gasteiger partial charge in [0.25, 0.3) is 0 Å². The number of benzene rings is 2. The van der Waals surface area contributed by atoms with Gasteiger partial charge in [0.2, 0.25) is 5.91 Å². The summed E-state index contributed by atoms with van der Waals surface area (Å²) in [5, 5.41) is 13.1. The van der Waals surface area contributed by atoms with Crippen molar-refractivity contribution in [1.82, 2.24) is 10.2 Å². The second kappa shape index (κ2) is 11.3. The van der Waals surface area contributed by atoms with Crippen LogP contribution in [0, 0.1) is 17.5 Å². The number of β-amino-alcohol motifs (C(OH)–C–C–N with tert-alkyl or cyclic N) is 1. The molecular formula is C25H29F3N2O4. The highest BCUT2D eigenvalue weighted by Gasteiger charge is 2.38. The molecule has 0 radical (unpaired) electrons. The number of nitrogens with one attached hydrogen (secondary N) is 1. The summed E-state index contributed by atoms with van der Waals surface area (Å²) < 4.78 is 52.5. The maximum absolute atomic E-state index is 13.7. The van der Waals surface area contributed by atoms with E-state index in [9.17, 15) is 23.1 Å². The van der Waals surface area contributed by atoms with Gasteiger partial charge in [-0.1, -0.05) is 12.1 Å². The first-order valence-electron chi connectivity index (χ1n) is 11.5. The molecule has 2 heterocycles. The topological polar surface area (TPSA) is 71.0 Å². The molecular weight excluding hydrogens is 449 g/mol. The number of aliphatic hydroxyl groups is 1. The van der Waals surface area contributed by atoms with Crippen LogP contribution in [-0.2, 0) is 27.4 Å². The van der Waals surface area contributed by atoms with Gasteiger partial charge in [-0.05, 0) is 48.2 Å². The second-order valence-electron chi connectivity index (χ2n) is 8.95. The van der Waals surface area contributed by atoms with Gasteiger partial charge >= 0.3 is 0 Å². The van der Waals surface area contributed by atoms with Crippen molar-refractivity contribution in [2.75, 3.05) is 19.8 Å². The average molecular weight is 479 g/mol. The van der Waals surface area contributed by atoms with Crippen LogP contribution in [0.15, 0.2) is 42.5 Å². The van der Waals surface area contributed by atoms with Crippen LogP contribution in [0.1, 0.15) is 30.4 Å². The smallest absolute Gasteiger partial charge is 0.222 e. The molecule has 2 aliphatic heterocycles. The van der Waals surface area contributed by atoms with E-state index >= 15 is 0 Å². The van der Waals surface area contributed by atoms with Gasteiger partial charge in [-0.2, -0.15) is 0 Å². The summed E-state index contributed by atoms with van der Waals surface area (Å²) in [4.78, 5) is 14.4. The molecule has 2 saturated heterocycles. The van der Waals surface area contributed by atoms with Crippen LogP contribution in [0.3, 0.4) is 0 Å². The summed E-state index contributed by atoms with van der Waals surface area (Å²) in [5.41, 5.74) is 1.15. The Hall–Kier alpha value is -2.46. The number of halogens is 3. The third kappa shape index (κ3) is 6.79. The molecule has 4 rings (SSSR count). The zero-order valence-corrected chi connectivity index (χ0v) is 18.8. The predicted molar refractivity (Wildman–Crippen MR) is 118 cm³/mol. The molecule has 0 spiro atoms. The minimum Gasteiger partial charge on any atom is -0.389 e. The highest BCUT2D eigenvalue weighted by molar-refractivity contribution is 5.76. The Morgan fingerprint density at radius 3 is 2.56 bits per heavy atom. The summed E-state index contributed by atoms with van der Waals surface area (Å²) in [5.74, 6) is -1.84. The largest absolute Gasteiger partial charge is 0.389 e. The Morgan fingerprint density at radius 2 is 1.79 bits per heavy atom. The fourth-order valence-electron chi connectivity index (χ4n) is 4.69. The fourth-order valence-corrected chi connectivity index (χ4v) is 4.69. The van der Waals surface area contributed by atoms with E-state index < -0.39 is 17.7 Å². The third-order valence-corrected chi connectivity index (χ3v) is 6.19. The molecule has 2 N–H and O–H groups in total. The fraction of sp³-hybridized carbons (Fsp3) is 0.480. The van der Waals surface area contributed by atoms with E-state index in [4.69, 9.17) is 9.47 Å². The normalized spacial score (nSPS) is 25.8. The van der Waals surface area contributed by atoms with Crippen LogP contribution in [0.2, 0.25) is 0 Å². The molecule has 6 nitrogen and oxygen atoms in total. The van der Waals surface area contributed by atoms with Crippen molar-refractivity contribution in [1.29, 1.82) is 0 Å². The average Bonchev–Trinajstić information content (AvgIpc) is 2.76. The number of hydrogen-bond acceptors (Lipinski definition) is 5. The van der Waals surface area contributed by atoms with Crippen LogP contribution in [0.4, 0.5) is 13.2 Å². The van der Waals surface area contributed by atoms with Gasteiger partial charge in [-0.25, -0.2) is 13.2 Å². The van der Waals surface area contributed by atoms with Gasteiger partial charge in [0.15, 0.2) is 0 Å². The lowest BCUT2D eigenvalue weighted by Gasteiger charge is -2.44. The highest BCUT2D eigenvalue weighted by atomic mass is 19.1. The molecule has 0 aliphatic carbocycles. The number of ether oxygens (including phenoxy) is 2. The van der Waals surface area contributed by atoms with Gasteiger partial charge in [-0.3, -0.25) is 9.69 Å². The number of hydrogen-bond donors (Lipinski definition) is 2. The SMILES string of the molecule is O=C(C[C@H]1CC[C@H]2[C@@H](COC[C@H](O)CN2Cc2cc(F)cc(F)c2)O1)NCc1cccc(F)c1. The molecule has 2 aromatic rings. The quantitative estimate of drug-likeness (QED) is 0.668. The van der Waals surface area contributed by atoms with Crippen LogP contribution < -0.4 is 5.32 Å². The van der Waals surface area contributed by atoms with Crippen LogP contribution in [-0.4, -0.2) is 60.0 Å². The lowest BCUT2D eigenvalue weighted by atomic mass is 9.94. The lowest BCUT2D eigenvalue weighted by molar-refractivity contribution is -0.158. The van der Waals surface area contributed by atoms with Crippen LogP contribution in [0.25, 0.3) is 0 Å². The molecule has 2 fully saturated rings. The molecule has 0 bridgehead atoms. The van der Waals surface area contributed by atoms with Gasteiger partial charge in [0, 0.05) is 31.7 Å². The van der Waals surface area contributed by atoms with Crippen molar-refractivity contribution in [2.45, 2.75) is 56.7 Å². The number of carbonyl (C=O) groups is 1. The summed E-state index contributed by atoms with van der Waals surface area (Å²) >= 11 is 0. The standard InChI is InChI=1S/C25H29F3N2O4/c26-18-3-1-2-16(6-18)11-29-25(32)10-22-4-5-23-24(34-22)15-33-14-21(31)13-30(23)12-17-7-19(27)9-20(28)8-17/h1-3,6-9,21-24,31H,4-5,10-15H2,(H,29,32)/t21-,22-,23+,24-/m1/s1. The molecule has 184 valence electrons. The molecule has 2 aliphatic rings. The predicted octanol–water partition coefficient (Wildman–Crippen LogP) is 2.92. The van der Waals surface area contributed by atoms with E-state index in [1.165, 1.54) is 24.3 Å². The summed E-state index contributed by atoms with van der Waals surface area (Å²) in [6, 6.07) is 9.33. The van der Waals surface area contributed by atoms with Gasteiger partial charge < -0.3 is 19.9 Å². The van der Waals surface area contributed by atoms with Gasteiger partial charge in [0.1, 0.15) is 17.5 Å². The van der Waals surface area contributed by atoms with Crippen molar-refractivity contribution < 1.29 is 32.5 Å². The van der Waals surface area contributed by atoms with E-state index in [-0.39, 0.29) is 69.2 Å². The Balaban J connectivity index is 1.36. The van der Waals surface area contributed by atoms with E-state index in [0.29, 0.717) is 24.0 Å². The Kier molecular flexibility index (Phi) is 8.20. The molecule has 9 heteroatoms. The van der Waals surface area contributed by atoms with Crippen molar-refractivity contribution in [3.8, 4) is 0 Å². The van der Waals surface area contributed by atoms with Crippen LogP contribution in [0.5, 0.6) is 0 Å². The maximum atomic E-state index is 13.7. The summed E-state index contributed by atoms with van der Waals surface area (Å²) in [6.07, 6.45) is 0.0662. The molecule has 2 aromatic carbocycles. The second-order valence-corrected chi connectivity index (χ2v) is 8.95. The molecule has 1 amide bonds. The van der Waals surface area contributed by atoms with Crippen molar-refractivity contribution in [3.05, 3.63) is 71.0 Å². The number of carbonyl (C=O) groups excluding carboxylic acids is 1. The number of amides is 1. The number of nitrogens with zero attached hydrogens (tertiary/aromatic N) is 1. The first-order valence-corrected chi connectivity index (χ1v) is 11.5. The minimum atomic E-state index is -0.731. The molecule has 0 saturated carbocycles. The molecule has 34 heavy (non-hydrogen) atoms. The lowest BCUT2D eigenvalue weighted by Crippen LogP contribution is -2.55. The molecule has 0 unspecified atom stereocenters. The third-order valence-electron chi connectivity index (χ3n) is 6.19. The number of rotatable bonds is 6. The van der Waals surface area contributed by atoms with E-state index in [2.05, 4.69) is 5.32 Å². The first kappa shape index (κ1) is 24.7. The summed E-state index contributed by atoms with van der Waals surface area (Å²) in [7, 11) is 0. The Bertz CT molecular complexity index is 972. The van der Waals surface area contributed by atoms with Crippen LogP contribution >= 0.6 is 0 Å². The first-order chi connectivity index (χ1) is 16.4. The zero-order chi connectivity index (χ0) is 24.1. The van der Waals surface area contributed by atoms with Crippen molar-refractivity contribution >= 4 is 5.91 Å². The van der Waals surface area contributed by atoms with E-state index in [1.54, 1.807) is 12.1 Å². The van der Waals surface area contributed by atoms with Gasteiger partial charge in [-0.15, -0.1) is 0 Å². The van der Waals surface area contributed by atoms with E-state index in [1.807, 2.05) is 4.90 Å². The minimum absolute atomic E-state index is 0.124.